The molecular weight excluding hydrogens is 286 g/mol. The van der Waals surface area contributed by atoms with Crippen molar-refractivity contribution in [1.82, 2.24) is 19.9 Å². The Morgan fingerprint density at radius 3 is 2.86 bits per heavy atom. The van der Waals surface area contributed by atoms with Crippen molar-refractivity contribution in [3.8, 4) is 0 Å². The predicted octanol–water partition coefficient (Wildman–Crippen LogP) is 1.30. The molecule has 8 heteroatoms. The van der Waals surface area contributed by atoms with Crippen LogP contribution in [0.4, 0.5) is 11.5 Å². The fourth-order valence-electron chi connectivity index (χ4n) is 2.20. The first-order valence-electron chi connectivity index (χ1n) is 6.83. The van der Waals surface area contributed by atoms with Gasteiger partial charge in [-0.25, -0.2) is 24.7 Å². The van der Waals surface area contributed by atoms with E-state index in [9.17, 15) is 4.79 Å². The zero-order valence-electron chi connectivity index (χ0n) is 12.0. The Morgan fingerprint density at radius 1 is 1.36 bits per heavy atom. The van der Waals surface area contributed by atoms with Gasteiger partial charge in [-0.1, -0.05) is 0 Å². The van der Waals surface area contributed by atoms with Crippen LogP contribution in [-0.4, -0.2) is 46.2 Å². The topological polar surface area (TPSA) is 99.1 Å². The highest BCUT2D eigenvalue weighted by molar-refractivity contribution is 5.93. The molecule has 2 aromatic heterocycles. The summed E-state index contributed by atoms with van der Waals surface area (Å²) in [5.74, 6) is -0.0815. The number of nitrogens with one attached hydrogen (secondary N) is 1. The third-order valence-electron chi connectivity index (χ3n) is 3.34. The first-order valence-corrected chi connectivity index (χ1v) is 6.83. The number of aromatic nitrogens is 4. The second-order valence-corrected chi connectivity index (χ2v) is 4.80. The normalized spacial score (nSPS) is 17.2. The van der Waals surface area contributed by atoms with Gasteiger partial charge in [0.2, 0.25) is 0 Å². The first kappa shape index (κ1) is 14.3. The molecule has 0 saturated carbocycles. The van der Waals surface area contributed by atoms with Crippen LogP contribution in [-0.2, 0) is 9.47 Å². The van der Waals surface area contributed by atoms with E-state index in [1.165, 1.54) is 13.4 Å². The second-order valence-electron chi connectivity index (χ2n) is 4.80. The summed E-state index contributed by atoms with van der Waals surface area (Å²) in [6.07, 6.45) is 7.09. The molecule has 3 rings (SSSR count). The first-order chi connectivity index (χ1) is 10.8. The van der Waals surface area contributed by atoms with Crippen LogP contribution >= 0.6 is 0 Å². The number of rotatable bonds is 4. The summed E-state index contributed by atoms with van der Waals surface area (Å²) in [4.78, 5) is 28.5. The van der Waals surface area contributed by atoms with Gasteiger partial charge in [0.05, 0.1) is 43.7 Å². The van der Waals surface area contributed by atoms with Crippen molar-refractivity contribution in [2.45, 2.75) is 12.3 Å². The maximum Gasteiger partial charge on any atom is 0.360 e. The van der Waals surface area contributed by atoms with Crippen LogP contribution in [0.1, 0.15) is 28.5 Å². The van der Waals surface area contributed by atoms with Gasteiger partial charge in [0.25, 0.3) is 0 Å². The van der Waals surface area contributed by atoms with Crippen LogP contribution in [0, 0.1) is 0 Å². The summed E-state index contributed by atoms with van der Waals surface area (Å²) in [6, 6.07) is 0. The second kappa shape index (κ2) is 6.44. The lowest BCUT2D eigenvalue weighted by Crippen LogP contribution is -2.13. The third kappa shape index (κ3) is 3.01. The molecule has 1 atom stereocenters. The van der Waals surface area contributed by atoms with E-state index in [0.29, 0.717) is 24.7 Å². The molecule has 0 aliphatic carbocycles. The van der Waals surface area contributed by atoms with Crippen LogP contribution < -0.4 is 5.32 Å². The van der Waals surface area contributed by atoms with Crippen molar-refractivity contribution in [2.24, 2.45) is 0 Å². The fraction of sp³-hybridized carbons (Fsp3) is 0.357. The molecule has 1 saturated heterocycles. The Bertz CT molecular complexity index is 659. The Hall–Kier alpha value is -2.61. The summed E-state index contributed by atoms with van der Waals surface area (Å²) in [7, 11) is 1.31. The minimum atomic E-state index is -0.549. The van der Waals surface area contributed by atoms with E-state index in [-0.39, 0.29) is 11.6 Å². The number of nitrogens with zero attached hydrogens (tertiary/aromatic N) is 4. The minimum Gasteiger partial charge on any atom is -0.464 e. The Morgan fingerprint density at radius 2 is 2.18 bits per heavy atom. The zero-order valence-corrected chi connectivity index (χ0v) is 12.0. The van der Waals surface area contributed by atoms with Gasteiger partial charge in [0, 0.05) is 12.5 Å². The van der Waals surface area contributed by atoms with Crippen LogP contribution in [0.15, 0.2) is 24.9 Å². The molecule has 0 spiro atoms. The number of carbonyl (C=O) groups excluding carboxylic acids is 1. The number of esters is 1. The van der Waals surface area contributed by atoms with Crippen molar-refractivity contribution in [3.05, 3.63) is 36.3 Å². The van der Waals surface area contributed by atoms with E-state index in [4.69, 9.17) is 9.47 Å². The van der Waals surface area contributed by atoms with E-state index in [0.717, 1.165) is 12.1 Å². The van der Waals surface area contributed by atoms with Crippen LogP contribution in [0.25, 0.3) is 0 Å². The Kier molecular flexibility index (Phi) is 4.19. The molecule has 1 N–H and O–H groups in total. The van der Waals surface area contributed by atoms with E-state index in [1.807, 2.05) is 0 Å². The van der Waals surface area contributed by atoms with Gasteiger partial charge in [-0.3, -0.25) is 0 Å². The fourth-order valence-corrected chi connectivity index (χ4v) is 2.20. The summed E-state index contributed by atoms with van der Waals surface area (Å²) in [6.45, 7) is 1.29. The molecule has 114 valence electrons. The SMILES string of the molecule is COC(=O)c1nc([C@H]2CCOC2)cnc1Nc1cncnc1. The molecule has 8 nitrogen and oxygen atoms in total. The lowest BCUT2D eigenvalue weighted by molar-refractivity contribution is 0.0594. The van der Waals surface area contributed by atoms with E-state index in [1.54, 1.807) is 18.6 Å². The summed E-state index contributed by atoms with van der Waals surface area (Å²) >= 11 is 0. The number of hydrogen-bond acceptors (Lipinski definition) is 8. The molecule has 1 aliphatic heterocycles. The van der Waals surface area contributed by atoms with Crippen molar-refractivity contribution >= 4 is 17.5 Å². The Balaban J connectivity index is 1.92. The van der Waals surface area contributed by atoms with Crippen LogP contribution in [0.5, 0.6) is 0 Å². The molecule has 0 bridgehead atoms. The van der Waals surface area contributed by atoms with E-state index in [2.05, 4.69) is 25.3 Å². The maximum atomic E-state index is 12.0. The third-order valence-corrected chi connectivity index (χ3v) is 3.34. The van der Waals surface area contributed by atoms with Crippen LogP contribution in [0.3, 0.4) is 0 Å². The number of methoxy groups -OCH3 is 1. The van der Waals surface area contributed by atoms with Crippen molar-refractivity contribution in [2.75, 3.05) is 25.6 Å². The van der Waals surface area contributed by atoms with E-state index >= 15 is 0 Å². The van der Waals surface area contributed by atoms with Gasteiger partial charge < -0.3 is 14.8 Å². The van der Waals surface area contributed by atoms with E-state index < -0.39 is 5.97 Å². The highest BCUT2D eigenvalue weighted by Gasteiger charge is 2.23. The Labute approximate surface area is 126 Å². The lowest BCUT2D eigenvalue weighted by Gasteiger charge is -2.12. The smallest absolute Gasteiger partial charge is 0.360 e. The highest BCUT2D eigenvalue weighted by atomic mass is 16.5. The predicted molar refractivity (Wildman–Crippen MR) is 76.9 cm³/mol. The molecule has 3 heterocycles. The quantitative estimate of drug-likeness (QED) is 0.844. The molecular formula is C14H15N5O3. The monoisotopic (exact) mass is 301 g/mol. The summed E-state index contributed by atoms with van der Waals surface area (Å²) in [5, 5.41) is 2.97. The average Bonchev–Trinajstić information content (AvgIpc) is 3.10. The van der Waals surface area contributed by atoms with Gasteiger partial charge in [-0.05, 0) is 6.42 Å². The maximum absolute atomic E-state index is 12.0. The molecule has 2 aromatic rings. The van der Waals surface area contributed by atoms with Gasteiger partial charge in [-0.2, -0.15) is 0 Å². The number of anilines is 2. The average molecular weight is 301 g/mol. The highest BCUT2D eigenvalue weighted by Crippen LogP contribution is 2.25. The largest absolute Gasteiger partial charge is 0.464 e. The molecule has 1 fully saturated rings. The number of ether oxygens (including phenoxy) is 2. The molecule has 0 unspecified atom stereocenters. The summed E-state index contributed by atoms with van der Waals surface area (Å²) in [5.41, 5.74) is 1.47. The minimum absolute atomic E-state index is 0.135. The zero-order chi connectivity index (χ0) is 15.4. The van der Waals surface area contributed by atoms with Crippen molar-refractivity contribution in [1.29, 1.82) is 0 Å². The molecule has 0 radical (unpaired) electrons. The van der Waals surface area contributed by atoms with Crippen LogP contribution in [0.2, 0.25) is 0 Å². The van der Waals surface area contributed by atoms with Gasteiger partial charge >= 0.3 is 5.97 Å². The van der Waals surface area contributed by atoms with Crippen molar-refractivity contribution < 1.29 is 14.3 Å². The van der Waals surface area contributed by atoms with Gasteiger partial charge in [-0.15, -0.1) is 0 Å². The summed E-state index contributed by atoms with van der Waals surface area (Å²) < 4.78 is 10.1. The molecule has 22 heavy (non-hydrogen) atoms. The molecule has 0 amide bonds. The van der Waals surface area contributed by atoms with Crippen molar-refractivity contribution in [3.63, 3.8) is 0 Å². The number of carbonyl (C=O) groups is 1. The number of hydrogen-bond donors (Lipinski definition) is 1. The van der Waals surface area contributed by atoms with Gasteiger partial charge in [0.1, 0.15) is 6.33 Å². The van der Waals surface area contributed by atoms with Gasteiger partial charge in [0.15, 0.2) is 11.5 Å². The molecule has 1 aliphatic rings. The lowest BCUT2D eigenvalue weighted by atomic mass is 10.1. The standard InChI is InChI=1S/C14H15N5O3/c1-21-14(20)12-13(18-10-4-15-8-16-5-10)17-6-11(19-12)9-2-3-22-7-9/h4-6,8-9H,2-3,7H2,1H3,(H,17,18)/t9-/m0/s1. The molecule has 0 aromatic carbocycles.